The molecule has 0 bridgehead atoms. The van der Waals surface area contributed by atoms with Gasteiger partial charge in [-0.3, -0.25) is 19.8 Å². The van der Waals surface area contributed by atoms with E-state index in [1.165, 1.54) is 0 Å². The predicted octanol–water partition coefficient (Wildman–Crippen LogP) is 4.26. The SMILES string of the molecule is Br.CCOc1cc2c(cc1C(=O)NC)C(=N)N(CC(=O)c1cc(N3CCC(C(=O)O)C3)c(OC)c(C(C)(C)C)c1)C2. The number of Topliss-reactive ketones (excluding diaryl/α,β-unsaturated/α-hetero) is 1. The third kappa shape index (κ3) is 6.34. The van der Waals surface area contributed by atoms with E-state index in [1.54, 1.807) is 37.3 Å². The van der Waals surface area contributed by atoms with Crippen molar-refractivity contribution in [3.63, 3.8) is 0 Å². The van der Waals surface area contributed by atoms with Gasteiger partial charge in [0.2, 0.25) is 0 Å². The molecule has 0 spiro atoms. The topological polar surface area (TPSA) is 132 Å². The lowest BCUT2D eigenvalue weighted by Gasteiger charge is -2.29. The number of carbonyl (C=O) groups is 3. The van der Waals surface area contributed by atoms with E-state index >= 15 is 0 Å². The number of ether oxygens (including phenoxy) is 2. The lowest BCUT2D eigenvalue weighted by atomic mass is 9.84. The molecule has 0 saturated carbocycles. The summed E-state index contributed by atoms with van der Waals surface area (Å²) in [6.45, 7) is 9.56. The Morgan fingerprint density at radius 2 is 1.88 bits per heavy atom. The van der Waals surface area contributed by atoms with Crippen molar-refractivity contribution in [1.82, 2.24) is 10.2 Å². The van der Waals surface area contributed by atoms with Crippen molar-refractivity contribution < 1.29 is 29.0 Å². The average molecular weight is 632 g/mol. The van der Waals surface area contributed by atoms with Crippen molar-refractivity contribution in [2.24, 2.45) is 5.92 Å². The molecule has 2 heterocycles. The summed E-state index contributed by atoms with van der Waals surface area (Å²) >= 11 is 0. The molecule has 2 aliphatic heterocycles. The molecule has 11 heteroatoms. The molecule has 2 aromatic carbocycles. The minimum atomic E-state index is -0.830. The molecule has 3 N–H and O–H groups in total. The number of amidine groups is 1. The molecule has 0 aliphatic carbocycles. The second-order valence-electron chi connectivity index (χ2n) is 11.2. The summed E-state index contributed by atoms with van der Waals surface area (Å²) in [6.07, 6.45) is 0.520. The predicted molar refractivity (Wildman–Crippen MR) is 163 cm³/mol. The Labute approximate surface area is 251 Å². The van der Waals surface area contributed by atoms with Crippen LogP contribution in [0.4, 0.5) is 5.69 Å². The van der Waals surface area contributed by atoms with E-state index in [-0.39, 0.29) is 46.5 Å². The number of amides is 1. The lowest BCUT2D eigenvalue weighted by Crippen LogP contribution is -2.31. The monoisotopic (exact) mass is 630 g/mol. The zero-order chi connectivity index (χ0) is 29.4. The van der Waals surface area contributed by atoms with Gasteiger partial charge in [-0.25, -0.2) is 0 Å². The van der Waals surface area contributed by atoms with Crippen molar-refractivity contribution in [3.8, 4) is 11.5 Å². The first-order valence-electron chi connectivity index (χ1n) is 13.5. The number of rotatable bonds is 9. The number of methoxy groups -OCH3 is 1. The first-order valence-corrected chi connectivity index (χ1v) is 13.5. The van der Waals surface area contributed by atoms with E-state index in [0.717, 1.165) is 11.1 Å². The third-order valence-electron chi connectivity index (χ3n) is 7.53. The van der Waals surface area contributed by atoms with Gasteiger partial charge in [-0.15, -0.1) is 17.0 Å². The van der Waals surface area contributed by atoms with Crippen LogP contribution in [0.5, 0.6) is 11.5 Å². The molecule has 222 valence electrons. The molecule has 1 atom stereocenters. The average Bonchev–Trinajstić information content (AvgIpc) is 3.52. The van der Waals surface area contributed by atoms with E-state index < -0.39 is 11.9 Å². The fraction of sp³-hybridized carbons (Fsp3) is 0.467. The summed E-state index contributed by atoms with van der Waals surface area (Å²) in [4.78, 5) is 41.5. The minimum Gasteiger partial charge on any atom is -0.494 e. The highest BCUT2D eigenvalue weighted by Gasteiger charge is 2.34. The van der Waals surface area contributed by atoms with Crippen LogP contribution in [0.25, 0.3) is 0 Å². The van der Waals surface area contributed by atoms with Crippen molar-refractivity contribution in [2.45, 2.75) is 46.1 Å². The zero-order valence-corrected chi connectivity index (χ0v) is 26.1. The molecule has 1 amide bonds. The lowest BCUT2D eigenvalue weighted by molar-refractivity contribution is -0.140. The Hall–Kier alpha value is -3.60. The number of hydrogen-bond acceptors (Lipinski definition) is 7. The quantitative estimate of drug-likeness (QED) is 0.350. The van der Waals surface area contributed by atoms with Gasteiger partial charge < -0.3 is 29.7 Å². The standard InChI is InChI=1S/C30H38N4O6.BrH/c1-7-40-25-12-19-15-34(27(31)20(19)13-21(25)28(36)32-5)16-24(35)18-10-22(30(2,3)4)26(39-6)23(11-18)33-9-8-17(14-33)29(37)38;/h10-13,17,31H,7-9,14-16H2,1-6H3,(H,32,36)(H,37,38);1H. The molecule has 1 saturated heterocycles. The number of carbonyl (C=O) groups excluding carboxylic acids is 2. The van der Waals surface area contributed by atoms with Crippen molar-refractivity contribution in [3.05, 3.63) is 52.1 Å². The van der Waals surface area contributed by atoms with Gasteiger partial charge in [0.25, 0.3) is 5.91 Å². The van der Waals surface area contributed by atoms with Crippen LogP contribution in [0.1, 0.15) is 71.5 Å². The fourth-order valence-corrected chi connectivity index (χ4v) is 5.38. The van der Waals surface area contributed by atoms with Crippen LogP contribution in [0, 0.1) is 11.3 Å². The smallest absolute Gasteiger partial charge is 0.308 e. The number of anilines is 1. The fourth-order valence-electron chi connectivity index (χ4n) is 5.38. The third-order valence-corrected chi connectivity index (χ3v) is 7.53. The Morgan fingerprint density at radius 3 is 2.44 bits per heavy atom. The Bertz CT molecular complexity index is 1370. The highest BCUT2D eigenvalue weighted by atomic mass is 79.9. The molecule has 41 heavy (non-hydrogen) atoms. The molecular formula is C30H39BrN4O6. The number of benzene rings is 2. The Morgan fingerprint density at radius 1 is 1.17 bits per heavy atom. The summed E-state index contributed by atoms with van der Waals surface area (Å²) in [7, 11) is 3.13. The molecule has 0 radical (unpaired) electrons. The van der Waals surface area contributed by atoms with E-state index in [1.807, 2.05) is 38.7 Å². The number of hydrogen-bond donors (Lipinski definition) is 3. The summed E-state index contributed by atoms with van der Waals surface area (Å²) in [5.41, 5.74) is 3.45. The highest BCUT2D eigenvalue weighted by Crippen LogP contribution is 2.42. The number of fused-ring (bicyclic) bond motifs is 1. The summed E-state index contributed by atoms with van der Waals surface area (Å²) in [6, 6.07) is 7.06. The maximum Gasteiger partial charge on any atom is 0.308 e. The van der Waals surface area contributed by atoms with Crippen LogP contribution in [0.3, 0.4) is 0 Å². The van der Waals surface area contributed by atoms with Gasteiger partial charge in [0.05, 0.1) is 37.4 Å². The highest BCUT2D eigenvalue weighted by molar-refractivity contribution is 8.93. The van der Waals surface area contributed by atoms with Gasteiger partial charge in [-0.05, 0) is 48.6 Å². The van der Waals surface area contributed by atoms with Gasteiger partial charge in [-0.1, -0.05) is 20.8 Å². The van der Waals surface area contributed by atoms with Crippen LogP contribution < -0.4 is 19.7 Å². The van der Waals surface area contributed by atoms with Crippen molar-refractivity contribution in [1.29, 1.82) is 5.41 Å². The molecule has 1 unspecified atom stereocenters. The van der Waals surface area contributed by atoms with Crippen LogP contribution >= 0.6 is 17.0 Å². The van der Waals surface area contributed by atoms with E-state index in [0.29, 0.717) is 66.5 Å². The number of nitrogens with one attached hydrogen (secondary N) is 2. The molecule has 0 aromatic heterocycles. The molecule has 10 nitrogen and oxygen atoms in total. The van der Waals surface area contributed by atoms with E-state index in [4.69, 9.17) is 14.9 Å². The first-order chi connectivity index (χ1) is 18.9. The minimum absolute atomic E-state index is 0. The number of nitrogens with zero attached hydrogens (tertiary/aromatic N) is 2. The Balaban J connectivity index is 0.00000462. The van der Waals surface area contributed by atoms with Crippen LogP contribution in [-0.4, -0.2) is 73.9 Å². The van der Waals surface area contributed by atoms with E-state index in [2.05, 4.69) is 5.32 Å². The van der Waals surface area contributed by atoms with Gasteiger partial charge >= 0.3 is 5.97 Å². The number of carboxylic acid groups (broad SMARTS) is 1. The number of carboxylic acids is 1. The van der Waals surface area contributed by atoms with Gasteiger partial charge in [0, 0.05) is 43.4 Å². The number of ketones is 1. The second-order valence-corrected chi connectivity index (χ2v) is 11.2. The second kappa shape index (κ2) is 12.5. The first kappa shape index (κ1) is 31.9. The molecule has 4 rings (SSSR count). The van der Waals surface area contributed by atoms with Gasteiger partial charge in [0.1, 0.15) is 17.3 Å². The van der Waals surface area contributed by atoms with Crippen molar-refractivity contribution >= 4 is 46.2 Å². The molecule has 2 aromatic rings. The molecule has 1 fully saturated rings. The molecule has 2 aliphatic rings. The maximum atomic E-state index is 13.7. The Kier molecular flexibility index (Phi) is 9.73. The zero-order valence-electron chi connectivity index (χ0n) is 24.4. The van der Waals surface area contributed by atoms with Crippen LogP contribution in [0.2, 0.25) is 0 Å². The molecular weight excluding hydrogens is 592 g/mol. The van der Waals surface area contributed by atoms with E-state index in [9.17, 15) is 19.5 Å². The van der Waals surface area contributed by atoms with Crippen molar-refractivity contribution in [2.75, 3.05) is 45.3 Å². The largest absolute Gasteiger partial charge is 0.494 e. The van der Waals surface area contributed by atoms with Gasteiger partial charge in [-0.2, -0.15) is 0 Å². The summed E-state index contributed by atoms with van der Waals surface area (Å²) in [5, 5.41) is 20.9. The summed E-state index contributed by atoms with van der Waals surface area (Å²) in [5.74, 6) is -0.525. The number of halogens is 1. The van der Waals surface area contributed by atoms with Crippen LogP contribution in [0.15, 0.2) is 24.3 Å². The normalized spacial score (nSPS) is 16.2. The number of aliphatic carboxylic acids is 1. The summed E-state index contributed by atoms with van der Waals surface area (Å²) < 4.78 is 11.5. The van der Waals surface area contributed by atoms with Gasteiger partial charge in [0.15, 0.2) is 5.78 Å². The maximum absolute atomic E-state index is 13.7. The van der Waals surface area contributed by atoms with Crippen LogP contribution in [-0.2, 0) is 16.8 Å².